The summed E-state index contributed by atoms with van der Waals surface area (Å²) in [6.07, 6.45) is 6.25. The molecule has 0 saturated heterocycles. The molecule has 0 aromatic heterocycles. The van der Waals surface area contributed by atoms with Crippen LogP contribution in [0.4, 0.5) is 0 Å². The number of carboxylic acids is 1. The van der Waals surface area contributed by atoms with Crippen LogP contribution in [0.2, 0.25) is 0 Å². The average molecular weight is 259 g/mol. The monoisotopic (exact) mass is 259 g/mol. The van der Waals surface area contributed by atoms with Crippen LogP contribution >= 0.6 is 0 Å². The number of carbonyl (C=O) groups is 1. The third kappa shape index (κ3) is 3.93. The van der Waals surface area contributed by atoms with Crippen LogP contribution in [-0.4, -0.2) is 23.7 Å². The molecule has 0 fully saturated rings. The van der Waals surface area contributed by atoms with Gasteiger partial charge in [0.05, 0.1) is 6.42 Å². The Kier molecular flexibility index (Phi) is 4.74. The van der Waals surface area contributed by atoms with Crippen LogP contribution in [0, 0.1) is 0 Å². The van der Waals surface area contributed by atoms with E-state index in [4.69, 9.17) is 5.11 Å². The van der Waals surface area contributed by atoms with Crippen molar-refractivity contribution < 1.29 is 9.90 Å². The molecule has 2 N–H and O–H groups in total. The highest BCUT2D eigenvalue weighted by atomic mass is 16.4. The van der Waals surface area contributed by atoms with E-state index in [1.54, 1.807) is 6.08 Å². The van der Waals surface area contributed by atoms with Gasteiger partial charge in [0.25, 0.3) is 0 Å². The summed E-state index contributed by atoms with van der Waals surface area (Å²) in [4.78, 5) is 10.9. The molecule has 1 aromatic carbocycles. The smallest absolute Gasteiger partial charge is 0.304 e. The summed E-state index contributed by atoms with van der Waals surface area (Å²) in [6.45, 7) is 4.30. The minimum Gasteiger partial charge on any atom is -0.481 e. The molecule has 0 spiro atoms. The number of carboxylic acid groups (broad SMARTS) is 1. The van der Waals surface area contributed by atoms with Crippen molar-refractivity contribution in [3.05, 3.63) is 47.5 Å². The maximum Gasteiger partial charge on any atom is 0.304 e. The zero-order valence-corrected chi connectivity index (χ0v) is 11.2. The Morgan fingerprint density at radius 3 is 2.95 bits per heavy atom. The van der Waals surface area contributed by atoms with Gasteiger partial charge in [-0.2, -0.15) is 0 Å². The first-order valence-electron chi connectivity index (χ1n) is 6.86. The van der Waals surface area contributed by atoms with Crippen LogP contribution in [0.3, 0.4) is 0 Å². The Hall–Kier alpha value is -1.61. The number of benzene rings is 1. The van der Waals surface area contributed by atoms with Crippen molar-refractivity contribution >= 4 is 5.97 Å². The lowest BCUT2D eigenvalue weighted by molar-refractivity contribution is -0.137. The number of fused-ring (bicyclic) bond motifs is 1. The Morgan fingerprint density at radius 2 is 2.21 bits per heavy atom. The molecular weight excluding hydrogens is 238 g/mol. The maximum atomic E-state index is 10.9. The van der Waals surface area contributed by atoms with Crippen LogP contribution in [0.1, 0.15) is 29.5 Å². The van der Waals surface area contributed by atoms with Gasteiger partial charge < -0.3 is 10.4 Å². The van der Waals surface area contributed by atoms with Crippen molar-refractivity contribution in [1.29, 1.82) is 0 Å². The maximum absolute atomic E-state index is 10.9. The number of nitrogens with one attached hydrogen (secondary N) is 1. The first kappa shape index (κ1) is 13.8. The van der Waals surface area contributed by atoms with E-state index in [2.05, 4.69) is 30.1 Å². The number of hydrogen-bond donors (Lipinski definition) is 2. The Morgan fingerprint density at radius 1 is 1.42 bits per heavy atom. The molecule has 0 amide bonds. The summed E-state index contributed by atoms with van der Waals surface area (Å²) in [5.74, 6) is -0.761. The number of rotatable bonds is 7. The summed E-state index contributed by atoms with van der Waals surface area (Å²) in [5, 5.41) is 12.2. The zero-order chi connectivity index (χ0) is 13.7. The van der Waals surface area contributed by atoms with Gasteiger partial charge in [-0.3, -0.25) is 4.79 Å². The highest BCUT2D eigenvalue weighted by molar-refractivity contribution is 5.67. The minimum atomic E-state index is -0.761. The van der Waals surface area contributed by atoms with Crippen LogP contribution in [-0.2, 0) is 24.1 Å². The highest BCUT2D eigenvalue weighted by Crippen LogP contribution is 2.23. The van der Waals surface area contributed by atoms with Crippen molar-refractivity contribution in [2.45, 2.75) is 38.1 Å². The molecular formula is C16H21NO2. The van der Waals surface area contributed by atoms with E-state index >= 15 is 0 Å². The fraction of sp³-hybridized carbons (Fsp3) is 0.438. The van der Waals surface area contributed by atoms with Gasteiger partial charge in [0.2, 0.25) is 0 Å². The third-order valence-electron chi connectivity index (χ3n) is 3.62. The van der Waals surface area contributed by atoms with E-state index in [0.717, 1.165) is 12.8 Å². The second-order valence-corrected chi connectivity index (χ2v) is 5.15. The molecule has 2 rings (SSSR count). The molecule has 0 heterocycles. The van der Waals surface area contributed by atoms with E-state index in [1.807, 2.05) is 0 Å². The molecule has 1 atom stereocenters. The molecule has 3 heteroatoms. The quantitative estimate of drug-likeness (QED) is 0.739. The van der Waals surface area contributed by atoms with E-state index in [-0.39, 0.29) is 12.5 Å². The van der Waals surface area contributed by atoms with Gasteiger partial charge >= 0.3 is 5.97 Å². The average Bonchev–Trinajstić information content (AvgIpc) is 2.82. The van der Waals surface area contributed by atoms with Gasteiger partial charge in [-0.05, 0) is 42.4 Å². The van der Waals surface area contributed by atoms with E-state index in [1.165, 1.54) is 29.5 Å². The first-order chi connectivity index (χ1) is 9.19. The third-order valence-corrected chi connectivity index (χ3v) is 3.62. The Balaban J connectivity index is 2.02. The SMILES string of the molecule is C=CCNC(CC(=O)O)Cc1ccc2c(c1)CCC2. The molecule has 0 saturated carbocycles. The van der Waals surface area contributed by atoms with Crippen LogP contribution in [0.25, 0.3) is 0 Å². The van der Waals surface area contributed by atoms with Crippen molar-refractivity contribution in [1.82, 2.24) is 5.32 Å². The van der Waals surface area contributed by atoms with Gasteiger partial charge in [-0.15, -0.1) is 6.58 Å². The molecule has 1 unspecified atom stereocenters. The van der Waals surface area contributed by atoms with Crippen LogP contribution < -0.4 is 5.32 Å². The second kappa shape index (κ2) is 6.53. The van der Waals surface area contributed by atoms with E-state index in [9.17, 15) is 4.79 Å². The molecule has 3 nitrogen and oxygen atoms in total. The van der Waals surface area contributed by atoms with Crippen molar-refractivity contribution in [2.75, 3.05) is 6.54 Å². The van der Waals surface area contributed by atoms with Crippen molar-refractivity contribution in [3.8, 4) is 0 Å². The molecule has 0 radical (unpaired) electrons. The molecule has 0 aliphatic heterocycles. The van der Waals surface area contributed by atoms with E-state index < -0.39 is 5.97 Å². The van der Waals surface area contributed by atoms with E-state index in [0.29, 0.717) is 6.54 Å². The van der Waals surface area contributed by atoms with Gasteiger partial charge in [-0.1, -0.05) is 24.3 Å². The topological polar surface area (TPSA) is 49.3 Å². The number of aryl methyl sites for hydroxylation is 2. The number of aliphatic carboxylic acids is 1. The normalized spacial score (nSPS) is 14.9. The summed E-state index contributed by atoms with van der Waals surface area (Å²) in [6, 6.07) is 6.54. The fourth-order valence-corrected chi connectivity index (χ4v) is 2.71. The van der Waals surface area contributed by atoms with Gasteiger partial charge in [0.15, 0.2) is 0 Å². The molecule has 1 aromatic rings. The van der Waals surface area contributed by atoms with Gasteiger partial charge in [0.1, 0.15) is 0 Å². The van der Waals surface area contributed by atoms with Crippen LogP contribution in [0.5, 0.6) is 0 Å². The minimum absolute atomic E-state index is 0.0325. The summed E-state index contributed by atoms with van der Waals surface area (Å²) in [5.41, 5.74) is 4.12. The summed E-state index contributed by atoms with van der Waals surface area (Å²) in [7, 11) is 0. The summed E-state index contributed by atoms with van der Waals surface area (Å²) < 4.78 is 0. The predicted molar refractivity (Wildman–Crippen MR) is 76.4 cm³/mol. The van der Waals surface area contributed by atoms with Gasteiger partial charge in [0, 0.05) is 12.6 Å². The largest absolute Gasteiger partial charge is 0.481 e. The lowest BCUT2D eigenvalue weighted by Gasteiger charge is -2.16. The first-order valence-corrected chi connectivity index (χ1v) is 6.86. The summed E-state index contributed by atoms with van der Waals surface area (Å²) >= 11 is 0. The van der Waals surface area contributed by atoms with Crippen molar-refractivity contribution in [2.24, 2.45) is 0 Å². The fourth-order valence-electron chi connectivity index (χ4n) is 2.71. The predicted octanol–water partition coefficient (Wildman–Crippen LogP) is 2.34. The highest BCUT2D eigenvalue weighted by Gasteiger charge is 2.15. The van der Waals surface area contributed by atoms with Gasteiger partial charge in [-0.25, -0.2) is 0 Å². The molecule has 102 valence electrons. The van der Waals surface area contributed by atoms with Crippen LogP contribution in [0.15, 0.2) is 30.9 Å². The second-order valence-electron chi connectivity index (χ2n) is 5.15. The number of hydrogen-bond acceptors (Lipinski definition) is 2. The molecule has 19 heavy (non-hydrogen) atoms. The standard InChI is InChI=1S/C16H21NO2/c1-2-8-17-15(11-16(18)19)10-12-6-7-13-4-3-5-14(13)9-12/h2,6-7,9,15,17H,1,3-5,8,10-11H2,(H,18,19). The molecule has 1 aliphatic rings. The molecule has 0 bridgehead atoms. The Labute approximate surface area is 114 Å². The zero-order valence-electron chi connectivity index (χ0n) is 11.2. The lowest BCUT2D eigenvalue weighted by atomic mass is 9.99. The van der Waals surface area contributed by atoms with Crippen molar-refractivity contribution in [3.63, 3.8) is 0 Å². The molecule has 1 aliphatic carbocycles. The Bertz CT molecular complexity index is 468. The lowest BCUT2D eigenvalue weighted by Crippen LogP contribution is -2.33.